The lowest BCUT2D eigenvalue weighted by Gasteiger charge is -2.10. The molecule has 2 N–H and O–H groups in total. The molecule has 0 aliphatic rings. The minimum absolute atomic E-state index is 0.122. The van der Waals surface area contributed by atoms with E-state index in [4.69, 9.17) is 0 Å². The normalized spacial score (nSPS) is 10.3. The molecule has 0 fully saturated rings. The quantitative estimate of drug-likeness (QED) is 0.646. The predicted molar refractivity (Wildman–Crippen MR) is 79.2 cm³/mol. The largest absolute Gasteiger partial charge is 0.392 e. The van der Waals surface area contributed by atoms with E-state index in [2.05, 4.69) is 10.3 Å². The second-order valence-electron chi connectivity index (χ2n) is 4.69. The van der Waals surface area contributed by atoms with E-state index < -0.39 is 10.8 Å². The summed E-state index contributed by atoms with van der Waals surface area (Å²) in [5.74, 6) is -0.443. The highest BCUT2D eigenvalue weighted by molar-refractivity contribution is 5.95. The zero-order valence-corrected chi connectivity index (χ0v) is 11.9. The van der Waals surface area contributed by atoms with Crippen LogP contribution in [-0.4, -0.2) is 20.9 Å². The lowest BCUT2D eigenvalue weighted by atomic mass is 10.1. The van der Waals surface area contributed by atoms with Gasteiger partial charge in [-0.25, -0.2) is 0 Å². The minimum atomic E-state index is -0.593. The first-order valence-electron chi connectivity index (χ1n) is 6.59. The zero-order chi connectivity index (χ0) is 16.1. The molecule has 22 heavy (non-hydrogen) atoms. The topological polar surface area (TPSA) is 105 Å². The van der Waals surface area contributed by atoms with E-state index in [1.807, 2.05) is 0 Å². The molecular weight excluding hydrogens is 286 g/mol. The van der Waals surface area contributed by atoms with Crippen LogP contribution in [0.1, 0.15) is 27.2 Å². The van der Waals surface area contributed by atoms with Crippen molar-refractivity contribution in [3.63, 3.8) is 0 Å². The van der Waals surface area contributed by atoms with E-state index in [0.29, 0.717) is 5.69 Å². The summed E-state index contributed by atoms with van der Waals surface area (Å²) in [4.78, 5) is 26.2. The van der Waals surface area contributed by atoms with Crippen molar-refractivity contribution >= 4 is 11.6 Å². The van der Waals surface area contributed by atoms with Crippen molar-refractivity contribution in [2.24, 2.45) is 0 Å². The smallest absolute Gasteiger partial charge is 0.288 e. The van der Waals surface area contributed by atoms with Gasteiger partial charge in [0.1, 0.15) is 6.20 Å². The monoisotopic (exact) mass is 301 g/mol. The molecule has 0 saturated carbocycles. The zero-order valence-electron chi connectivity index (χ0n) is 11.9. The van der Waals surface area contributed by atoms with Gasteiger partial charge in [-0.15, -0.1) is 0 Å². The van der Waals surface area contributed by atoms with Gasteiger partial charge in [0.05, 0.1) is 22.8 Å². The predicted octanol–water partition coefficient (Wildman–Crippen LogP) is 1.72. The molecule has 0 saturated heterocycles. The van der Waals surface area contributed by atoms with Crippen molar-refractivity contribution < 1.29 is 14.8 Å². The molecule has 0 bridgehead atoms. The first kappa shape index (κ1) is 15.6. The number of carbonyl (C=O) groups is 1. The first-order chi connectivity index (χ1) is 10.5. The van der Waals surface area contributed by atoms with Crippen LogP contribution < -0.4 is 5.32 Å². The standard InChI is InChI=1S/C15H15N3O4/c1-10-14(6-13(8-16-10)18(21)22)15(20)17-7-11-4-2-3-5-12(11)9-19/h2-6,8,19H,7,9H2,1H3,(H,17,20). The minimum Gasteiger partial charge on any atom is -0.392 e. The number of aryl methyl sites for hydroxylation is 1. The Morgan fingerprint density at radius 3 is 2.68 bits per heavy atom. The number of carbonyl (C=O) groups excluding carboxylic acids is 1. The highest BCUT2D eigenvalue weighted by Gasteiger charge is 2.16. The summed E-state index contributed by atoms with van der Waals surface area (Å²) in [6, 6.07) is 8.37. The van der Waals surface area contributed by atoms with Crippen LogP contribution in [0.2, 0.25) is 0 Å². The molecule has 0 aliphatic heterocycles. The number of nitrogens with zero attached hydrogens (tertiary/aromatic N) is 2. The van der Waals surface area contributed by atoms with Crippen LogP contribution in [0, 0.1) is 17.0 Å². The molecular formula is C15H15N3O4. The van der Waals surface area contributed by atoms with Crippen molar-refractivity contribution in [1.82, 2.24) is 10.3 Å². The summed E-state index contributed by atoms with van der Waals surface area (Å²) in [7, 11) is 0. The molecule has 0 atom stereocenters. The molecule has 0 radical (unpaired) electrons. The number of pyridine rings is 1. The van der Waals surface area contributed by atoms with E-state index in [1.165, 1.54) is 6.07 Å². The lowest BCUT2D eigenvalue weighted by Crippen LogP contribution is -2.24. The maximum Gasteiger partial charge on any atom is 0.288 e. The fraction of sp³-hybridized carbons (Fsp3) is 0.200. The number of hydrogen-bond donors (Lipinski definition) is 2. The van der Waals surface area contributed by atoms with Crippen molar-refractivity contribution in [1.29, 1.82) is 0 Å². The van der Waals surface area contributed by atoms with Crippen molar-refractivity contribution in [3.8, 4) is 0 Å². The molecule has 2 aromatic rings. The molecule has 7 heteroatoms. The van der Waals surface area contributed by atoms with Gasteiger partial charge in [-0.3, -0.25) is 19.9 Å². The number of nitro groups is 1. The molecule has 0 spiro atoms. The lowest BCUT2D eigenvalue weighted by molar-refractivity contribution is -0.385. The van der Waals surface area contributed by atoms with E-state index in [0.717, 1.165) is 17.3 Å². The third-order valence-electron chi connectivity index (χ3n) is 3.26. The number of hydrogen-bond acceptors (Lipinski definition) is 5. The van der Waals surface area contributed by atoms with Gasteiger partial charge in [0.2, 0.25) is 0 Å². The molecule has 0 unspecified atom stereocenters. The number of rotatable bonds is 5. The van der Waals surface area contributed by atoms with E-state index >= 15 is 0 Å². The average molecular weight is 301 g/mol. The number of benzene rings is 1. The second-order valence-corrected chi connectivity index (χ2v) is 4.69. The van der Waals surface area contributed by atoms with Gasteiger partial charge >= 0.3 is 0 Å². The summed E-state index contributed by atoms with van der Waals surface area (Å²) < 4.78 is 0. The van der Waals surface area contributed by atoms with Crippen LogP contribution in [0.15, 0.2) is 36.5 Å². The van der Waals surface area contributed by atoms with E-state index in [-0.39, 0.29) is 24.4 Å². The highest BCUT2D eigenvalue weighted by Crippen LogP contribution is 2.15. The van der Waals surface area contributed by atoms with E-state index in [9.17, 15) is 20.0 Å². The van der Waals surface area contributed by atoms with E-state index in [1.54, 1.807) is 31.2 Å². The van der Waals surface area contributed by atoms with Crippen molar-refractivity contribution in [3.05, 3.63) is 69.0 Å². The van der Waals surface area contributed by atoms with Crippen LogP contribution >= 0.6 is 0 Å². The van der Waals surface area contributed by atoms with Gasteiger partial charge in [-0.2, -0.15) is 0 Å². The summed E-state index contributed by atoms with van der Waals surface area (Å²) in [5, 5.41) is 22.7. The van der Waals surface area contributed by atoms with Gasteiger partial charge in [-0.1, -0.05) is 24.3 Å². The second kappa shape index (κ2) is 6.77. The van der Waals surface area contributed by atoms with Crippen molar-refractivity contribution in [2.75, 3.05) is 0 Å². The highest BCUT2D eigenvalue weighted by atomic mass is 16.6. The third-order valence-corrected chi connectivity index (χ3v) is 3.26. The maximum atomic E-state index is 12.2. The molecule has 1 heterocycles. The fourth-order valence-corrected chi connectivity index (χ4v) is 2.01. The van der Waals surface area contributed by atoms with Crippen LogP contribution in [0.3, 0.4) is 0 Å². The SMILES string of the molecule is Cc1ncc([N+](=O)[O-])cc1C(=O)NCc1ccccc1CO. The molecule has 114 valence electrons. The summed E-state index contributed by atoms with van der Waals surface area (Å²) in [6.07, 6.45) is 1.12. The van der Waals surface area contributed by atoms with Gasteiger partial charge < -0.3 is 10.4 Å². The van der Waals surface area contributed by atoms with Gasteiger partial charge in [0, 0.05) is 12.6 Å². The molecule has 1 amide bonds. The molecule has 1 aromatic heterocycles. The average Bonchev–Trinajstić information content (AvgIpc) is 2.53. The number of nitrogens with one attached hydrogen (secondary N) is 1. The summed E-state index contributed by atoms with van der Waals surface area (Å²) >= 11 is 0. The summed E-state index contributed by atoms with van der Waals surface area (Å²) in [5.41, 5.74) is 1.85. The molecule has 7 nitrogen and oxygen atoms in total. The van der Waals surface area contributed by atoms with Crippen LogP contribution in [0.4, 0.5) is 5.69 Å². The van der Waals surface area contributed by atoms with Gasteiger partial charge in [-0.05, 0) is 18.1 Å². The number of aromatic nitrogens is 1. The summed E-state index contributed by atoms with van der Waals surface area (Å²) in [6.45, 7) is 1.71. The Labute approximate surface area is 126 Å². The Hall–Kier alpha value is -2.80. The van der Waals surface area contributed by atoms with Gasteiger partial charge in [0.15, 0.2) is 0 Å². The Bertz CT molecular complexity index is 716. The molecule has 1 aromatic carbocycles. The Balaban J connectivity index is 2.16. The fourth-order valence-electron chi connectivity index (χ4n) is 2.01. The maximum absolute atomic E-state index is 12.2. The molecule has 0 aliphatic carbocycles. The van der Waals surface area contributed by atoms with Crippen LogP contribution in [0.25, 0.3) is 0 Å². The van der Waals surface area contributed by atoms with Crippen LogP contribution in [-0.2, 0) is 13.2 Å². The number of amides is 1. The van der Waals surface area contributed by atoms with Crippen LogP contribution in [0.5, 0.6) is 0 Å². The molecule has 2 rings (SSSR count). The van der Waals surface area contributed by atoms with Crippen molar-refractivity contribution in [2.45, 2.75) is 20.1 Å². The Kier molecular flexibility index (Phi) is 4.80. The Morgan fingerprint density at radius 1 is 1.36 bits per heavy atom. The number of aliphatic hydroxyl groups is 1. The number of aliphatic hydroxyl groups excluding tert-OH is 1. The Morgan fingerprint density at radius 2 is 2.05 bits per heavy atom. The van der Waals surface area contributed by atoms with Gasteiger partial charge in [0.25, 0.3) is 11.6 Å². The first-order valence-corrected chi connectivity index (χ1v) is 6.59. The third kappa shape index (κ3) is 3.44.